The summed E-state index contributed by atoms with van der Waals surface area (Å²) in [7, 11) is 3.33. The number of hydrogen-bond donors (Lipinski definition) is 2. The minimum atomic E-state index is -0.430. The fourth-order valence-corrected chi connectivity index (χ4v) is 2.69. The molecule has 0 radical (unpaired) electrons. The number of aliphatic hydroxyl groups is 1. The summed E-state index contributed by atoms with van der Waals surface area (Å²) in [6.07, 6.45) is 4.34. The van der Waals surface area contributed by atoms with E-state index in [-0.39, 0.29) is 6.61 Å². The van der Waals surface area contributed by atoms with Crippen LogP contribution in [0.2, 0.25) is 0 Å². The predicted octanol–water partition coefficient (Wildman–Crippen LogP) is 1.57. The number of ether oxygens (including phenoxy) is 2. The molecule has 1 aliphatic carbocycles. The van der Waals surface area contributed by atoms with E-state index < -0.39 is 6.04 Å². The molecule has 0 bridgehead atoms. The van der Waals surface area contributed by atoms with E-state index in [4.69, 9.17) is 15.2 Å². The molecule has 1 atom stereocenters. The number of hydrogen-bond acceptors (Lipinski definition) is 4. The van der Waals surface area contributed by atoms with Crippen LogP contribution in [-0.2, 0) is 12.8 Å². The molecule has 0 fully saturated rings. The number of nitrogens with two attached hydrogens (primary N) is 1. The van der Waals surface area contributed by atoms with Gasteiger partial charge in [-0.05, 0) is 31.7 Å². The highest BCUT2D eigenvalue weighted by molar-refractivity contribution is 5.55. The summed E-state index contributed by atoms with van der Waals surface area (Å²) in [6, 6.07) is 1.48. The van der Waals surface area contributed by atoms with Crippen molar-refractivity contribution in [1.29, 1.82) is 0 Å². The lowest BCUT2D eigenvalue weighted by Crippen LogP contribution is -2.18. The van der Waals surface area contributed by atoms with Gasteiger partial charge in [-0.3, -0.25) is 0 Å². The van der Waals surface area contributed by atoms with Gasteiger partial charge in [-0.15, -0.1) is 0 Å². The molecule has 0 aliphatic heterocycles. The predicted molar refractivity (Wildman–Crippen MR) is 70.2 cm³/mol. The number of fused-ring (bicyclic) bond motifs is 1. The van der Waals surface area contributed by atoms with Crippen LogP contribution < -0.4 is 15.2 Å². The van der Waals surface area contributed by atoms with Gasteiger partial charge in [0.2, 0.25) is 0 Å². The zero-order valence-electron chi connectivity index (χ0n) is 11.0. The van der Waals surface area contributed by atoms with Gasteiger partial charge in [0.25, 0.3) is 0 Å². The quantitative estimate of drug-likeness (QED) is 0.852. The van der Waals surface area contributed by atoms with Gasteiger partial charge in [-0.2, -0.15) is 0 Å². The molecule has 18 heavy (non-hydrogen) atoms. The van der Waals surface area contributed by atoms with E-state index >= 15 is 0 Å². The van der Waals surface area contributed by atoms with Crippen LogP contribution in [0.15, 0.2) is 6.07 Å². The van der Waals surface area contributed by atoms with Crippen molar-refractivity contribution in [3.05, 3.63) is 22.8 Å². The molecular weight excluding hydrogens is 230 g/mol. The average Bonchev–Trinajstić information content (AvgIpc) is 2.44. The Labute approximate surface area is 108 Å². The molecule has 1 aromatic rings. The average molecular weight is 251 g/mol. The zero-order valence-corrected chi connectivity index (χ0v) is 11.0. The van der Waals surface area contributed by atoms with Gasteiger partial charge in [-0.1, -0.05) is 0 Å². The third kappa shape index (κ3) is 2.18. The smallest absolute Gasteiger partial charge is 0.127 e. The lowest BCUT2D eigenvalue weighted by molar-refractivity contribution is 0.263. The van der Waals surface area contributed by atoms with Crippen molar-refractivity contribution < 1.29 is 14.6 Å². The monoisotopic (exact) mass is 251 g/mol. The number of rotatable bonds is 4. The van der Waals surface area contributed by atoms with E-state index in [1.807, 2.05) is 6.07 Å². The molecule has 1 unspecified atom stereocenters. The van der Waals surface area contributed by atoms with Gasteiger partial charge in [0, 0.05) is 16.7 Å². The minimum absolute atomic E-state index is 0.0989. The molecule has 100 valence electrons. The fourth-order valence-electron chi connectivity index (χ4n) is 2.69. The first-order valence-electron chi connectivity index (χ1n) is 6.36. The largest absolute Gasteiger partial charge is 0.496 e. The second-order valence-electron chi connectivity index (χ2n) is 4.65. The SMILES string of the molecule is COc1cc(C(N)CO)c(OC)c2c1CCCC2. The number of aliphatic hydroxyl groups excluding tert-OH is 1. The van der Waals surface area contributed by atoms with Gasteiger partial charge in [-0.25, -0.2) is 0 Å². The second-order valence-corrected chi connectivity index (χ2v) is 4.65. The summed E-state index contributed by atoms with van der Waals surface area (Å²) in [5.74, 6) is 1.69. The number of methoxy groups -OCH3 is 2. The normalized spacial score (nSPS) is 16.0. The first-order chi connectivity index (χ1) is 8.72. The summed E-state index contributed by atoms with van der Waals surface area (Å²) in [4.78, 5) is 0. The summed E-state index contributed by atoms with van der Waals surface area (Å²) >= 11 is 0. The third-order valence-electron chi connectivity index (χ3n) is 3.61. The Morgan fingerprint density at radius 2 is 1.89 bits per heavy atom. The Morgan fingerprint density at radius 1 is 1.22 bits per heavy atom. The van der Waals surface area contributed by atoms with Crippen molar-refractivity contribution in [2.75, 3.05) is 20.8 Å². The highest BCUT2D eigenvalue weighted by atomic mass is 16.5. The maximum atomic E-state index is 9.25. The highest BCUT2D eigenvalue weighted by Gasteiger charge is 2.24. The van der Waals surface area contributed by atoms with Gasteiger partial charge in [0.05, 0.1) is 26.9 Å². The van der Waals surface area contributed by atoms with E-state index in [1.165, 1.54) is 17.5 Å². The third-order valence-corrected chi connectivity index (χ3v) is 3.61. The Morgan fingerprint density at radius 3 is 2.44 bits per heavy atom. The molecule has 0 aromatic heterocycles. The molecule has 1 aliphatic rings. The summed E-state index contributed by atoms with van der Waals surface area (Å²) in [6.45, 7) is -0.0989. The summed E-state index contributed by atoms with van der Waals surface area (Å²) in [5.41, 5.74) is 9.20. The van der Waals surface area contributed by atoms with E-state index in [0.29, 0.717) is 0 Å². The van der Waals surface area contributed by atoms with Crippen LogP contribution in [0.25, 0.3) is 0 Å². The van der Waals surface area contributed by atoms with Crippen LogP contribution in [0.4, 0.5) is 0 Å². The Bertz CT molecular complexity index is 432. The molecule has 4 nitrogen and oxygen atoms in total. The molecule has 4 heteroatoms. The van der Waals surface area contributed by atoms with E-state index in [1.54, 1.807) is 14.2 Å². The maximum Gasteiger partial charge on any atom is 0.127 e. The lowest BCUT2D eigenvalue weighted by atomic mass is 9.87. The standard InChI is InChI=1S/C14H21NO3/c1-17-13-7-11(12(15)8-16)14(18-2)10-6-4-3-5-9(10)13/h7,12,16H,3-6,8,15H2,1-2H3. The molecule has 3 N–H and O–H groups in total. The minimum Gasteiger partial charge on any atom is -0.496 e. The van der Waals surface area contributed by atoms with Crippen LogP contribution in [0.3, 0.4) is 0 Å². The highest BCUT2D eigenvalue weighted by Crippen LogP contribution is 2.40. The topological polar surface area (TPSA) is 64.7 Å². The van der Waals surface area contributed by atoms with Crippen LogP contribution in [0.1, 0.15) is 35.6 Å². The van der Waals surface area contributed by atoms with Crippen LogP contribution >= 0.6 is 0 Å². The molecule has 0 spiro atoms. The fraction of sp³-hybridized carbons (Fsp3) is 0.571. The molecular formula is C14H21NO3. The maximum absolute atomic E-state index is 9.25. The molecule has 0 saturated heterocycles. The van der Waals surface area contributed by atoms with Gasteiger partial charge >= 0.3 is 0 Å². The van der Waals surface area contributed by atoms with E-state index in [2.05, 4.69) is 0 Å². The van der Waals surface area contributed by atoms with E-state index in [0.717, 1.165) is 36.3 Å². The van der Waals surface area contributed by atoms with Crippen LogP contribution in [0, 0.1) is 0 Å². The van der Waals surface area contributed by atoms with Crippen LogP contribution in [0.5, 0.6) is 11.5 Å². The number of benzene rings is 1. The van der Waals surface area contributed by atoms with Crippen molar-refractivity contribution in [2.24, 2.45) is 5.73 Å². The van der Waals surface area contributed by atoms with Crippen LogP contribution in [-0.4, -0.2) is 25.9 Å². The Balaban J connectivity index is 2.60. The second kappa shape index (κ2) is 5.59. The summed E-state index contributed by atoms with van der Waals surface area (Å²) in [5, 5.41) is 9.25. The van der Waals surface area contributed by atoms with Crippen molar-refractivity contribution in [3.8, 4) is 11.5 Å². The Hall–Kier alpha value is -1.26. The Kier molecular flexibility index (Phi) is 4.09. The first-order valence-corrected chi connectivity index (χ1v) is 6.36. The lowest BCUT2D eigenvalue weighted by Gasteiger charge is -2.25. The van der Waals surface area contributed by atoms with Crippen molar-refractivity contribution in [2.45, 2.75) is 31.7 Å². The molecule has 2 rings (SSSR count). The molecule has 0 saturated carbocycles. The van der Waals surface area contributed by atoms with Crippen molar-refractivity contribution in [3.63, 3.8) is 0 Å². The van der Waals surface area contributed by atoms with E-state index in [9.17, 15) is 5.11 Å². The summed E-state index contributed by atoms with van der Waals surface area (Å²) < 4.78 is 11.0. The molecule has 1 aromatic carbocycles. The first kappa shape index (κ1) is 13.2. The van der Waals surface area contributed by atoms with Gasteiger partial charge < -0.3 is 20.3 Å². The molecule has 0 amide bonds. The van der Waals surface area contributed by atoms with Crippen molar-refractivity contribution >= 4 is 0 Å². The van der Waals surface area contributed by atoms with Gasteiger partial charge in [0.1, 0.15) is 11.5 Å². The molecule has 0 heterocycles. The zero-order chi connectivity index (χ0) is 13.1. The van der Waals surface area contributed by atoms with Gasteiger partial charge in [0.15, 0.2) is 0 Å². The van der Waals surface area contributed by atoms with Crippen molar-refractivity contribution in [1.82, 2.24) is 0 Å².